The fraction of sp³-hybridized carbons (Fsp3) is 0.613. The first-order chi connectivity index (χ1) is 18.4. The Hall–Kier alpha value is -3.00. The molecule has 8 heteroatoms. The van der Waals surface area contributed by atoms with Gasteiger partial charge in [0.2, 0.25) is 11.8 Å². The maximum absolute atomic E-state index is 13.2. The van der Waals surface area contributed by atoms with E-state index < -0.39 is 18.0 Å². The first kappa shape index (κ1) is 30.5. The third-order valence-electron chi connectivity index (χ3n) is 7.92. The molecular formula is C31H46N4O4. The Morgan fingerprint density at radius 1 is 1.00 bits per heavy atom. The van der Waals surface area contributed by atoms with E-state index in [-0.39, 0.29) is 47.3 Å². The molecule has 0 radical (unpaired) electrons. The highest BCUT2D eigenvalue weighted by atomic mass is 16.2. The monoisotopic (exact) mass is 538 g/mol. The predicted octanol–water partition coefficient (Wildman–Crippen LogP) is 4.32. The van der Waals surface area contributed by atoms with Gasteiger partial charge in [0.05, 0.1) is 6.04 Å². The van der Waals surface area contributed by atoms with Crippen LogP contribution in [0.25, 0.3) is 6.08 Å². The molecule has 8 nitrogen and oxygen atoms in total. The summed E-state index contributed by atoms with van der Waals surface area (Å²) in [7, 11) is 0. The zero-order valence-corrected chi connectivity index (χ0v) is 24.4. The summed E-state index contributed by atoms with van der Waals surface area (Å²) in [6.07, 6.45) is 7.62. The maximum atomic E-state index is 13.2. The van der Waals surface area contributed by atoms with Crippen LogP contribution in [0.3, 0.4) is 0 Å². The van der Waals surface area contributed by atoms with Gasteiger partial charge in [-0.3, -0.25) is 24.2 Å². The van der Waals surface area contributed by atoms with Gasteiger partial charge in [-0.1, -0.05) is 58.0 Å². The molecule has 4 bridgehead atoms. The summed E-state index contributed by atoms with van der Waals surface area (Å²) in [4.78, 5) is 52.4. The summed E-state index contributed by atoms with van der Waals surface area (Å²) < 4.78 is 0. The lowest BCUT2D eigenvalue weighted by atomic mass is 9.81. The summed E-state index contributed by atoms with van der Waals surface area (Å²) in [5.74, 6) is -1.24. The van der Waals surface area contributed by atoms with E-state index in [1.165, 1.54) is 5.01 Å². The van der Waals surface area contributed by atoms with E-state index in [0.29, 0.717) is 25.8 Å². The predicted molar refractivity (Wildman–Crippen MR) is 153 cm³/mol. The molecule has 2 heterocycles. The second kappa shape index (κ2) is 13.4. The Morgan fingerprint density at radius 3 is 2.44 bits per heavy atom. The normalized spacial score (nSPS) is 28.6. The van der Waals surface area contributed by atoms with Crippen LogP contribution in [0.2, 0.25) is 0 Å². The molecule has 3 rings (SSSR count). The number of hydrogen-bond acceptors (Lipinski definition) is 5. The van der Waals surface area contributed by atoms with Crippen LogP contribution in [0.15, 0.2) is 30.3 Å². The summed E-state index contributed by atoms with van der Waals surface area (Å²) in [5.41, 5.74) is 5.04. The van der Waals surface area contributed by atoms with Crippen molar-refractivity contribution in [3.05, 3.63) is 41.5 Å². The Bertz CT molecular complexity index is 1080. The van der Waals surface area contributed by atoms with Crippen molar-refractivity contribution >= 4 is 29.6 Å². The number of nitrogens with one attached hydrogen (secondary N) is 3. The largest absolute Gasteiger partial charge is 0.348 e. The molecule has 2 aliphatic heterocycles. The molecule has 214 valence electrons. The average Bonchev–Trinajstić information content (AvgIpc) is 2.89. The summed E-state index contributed by atoms with van der Waals surface area (Å²) in [6, 6.07) is 6.56. The molecule has 0 saturated carbocycles. The summed E-state index contributed by atoms with van der Waals surface area (Å²) in [6.45, 7) is 12.2. The third kappa shape index (κ3) is 8.75. The van der Waals surface area contributed by atoms with Crippen molar-refractivity contribution in [1.29, 1.82) is 0 Å². The highest BCUT2D eigenvalue weighted by Gasteiger charge is 2.33. The number of carbonyl (C=O) groups excluding carboxylic acids is 4. The molecule has 0 spiro atoms. The van der Waals surface area contributed by atoms with Gasteiger partial charge in [0.25, 0.3) is 5.91 Å². The Labute approximate surface area is 233 Å². The average molecular weight is 539 g/mol. The van der Waals surface area contributed by atoms with Crippen molar-refractivity contribution in [2.75, 3.05) is 6.54 Å². The molecular weight excluding hydrogens is 492 g/mol. The van der Waals surface area contributed by atoms with Gasteiger partial charge >= 0.3 is 0 Å². The Morgan fingerprint density at radius 2 is 1.72 bits per heavy atom. The molecule has 0 aromatic heterocycles. The summed E-state index contributed by atoms with van der Waals surface area (Å²) >= 11 is 0. The van der Waals surface area contributed by atoms with E-state index in [0.717, 1.165) is 24.0 Å². The Balaban J connectivity index is 1.85. The fourth-order valence-corrected chi connectivity index (χ4v) is 5.15. The van der Waals surface area contributed by atoms with E-state index in [4.69, 9.17) is 0 Å². The van der Waals surface area contributed by atoms with Gasteiger partial charge in [-0.25, -0.2) is 5.43 Å². The van der Waals surface area contributed by atoms with Gasteiger partial charge in [-0.15, -0.1) is 0 Å². The zero-order chi connectivity index (χ0) is 28.7. The van der Waals surface area contributed by atoms with E-state index >= 15 is 0 Å². The molecule has 0 aliphatic carbocycles. The highest BCUT2D eigenvalue weighted by molar-refractivity contribution is 5.91. The minimum atomic E-state index is -0.784. The molecule has 0 unspecified atom stereocenters. The van der Waals surface area contributed by atoms with Crippen LogP contribution in [-0.4, -0.2) is 47.1 Å². The number of Topliss-reactive ketones (excluding diaryl/α,β-unsaturated/α-hetero) is 1. The number of fused-ring (bicyclic) bond motifs is 4. The SMILES string of the molecule is CC(C)[C@@H]1CC(=O)CCC(C)(C)C/C=C/c2cccc(c2)[C@@H](C)NC(=O)[C@@H]2CCCN(N2)C(=O)[C@H](C)NC1=O. The van der Waals surface area contributed by atoms with Crippen molar-refractivity contribution in [3.8, 4) is 0 Å². The van der Waals surface area contributed by atoms with Gasteiger partial charge in [0.15, 0.2) is 0 Å². The maximum Gasteiger partial charge on any atom is 0.258 e. The zero-order valence-electron chi connectivity index (χ0n) is 24.4. The van der Waals surface area contributed by atoms with Crippen LogP contribution in [0.4, 0.5) is 0 Å². The number of benzene rings is 1. The second-order valence-electron chi connectivity index (χ2n) is 12.3. The van der Waals surface area contributed by atoms with E-state index in [1.54, 1.807) is 6.92 Å². The highest BCUT2D eigenvalue weighted by Crippen LogP contribution is 2.29. The fourth-order valence-electron chi connectivity index (χ4n) is 5.15. The van der Waals surface area contributed by atoms with Crippen molar-refractivity contribution in [2.45, 2.75) is 98.2 Å². The number of allylic oxidation sites excluding steroid dienone is 1. The van der Waals surface area contributed by atoms with E-state index in [9.17, 15) is 19.2 Å². The first-order valence-electron chi connectivity index (χ1n) is 14.3. The Kier molecular flexibility index (Phi) is 10.5. The van der Waals surface area contributed by atoms with Crippen LogP contribution < -0.4 is 16.1 Å². The molecule has 2 aliphatic rings. The number of carbonyl (C=O) groups is 4. The molecule has 1 aromatic carbocycles. The van der Waals surface area contributed by atoms with Crippen LogP contribution >= 0.6 is 0 Å². The molecule has 1 fully saturated rings. The van der Waals surface area contributed by atoms with Crippen molar-refractivity contribution in [1.82, 2.24) is 21.1 Å². The standard InChI is InChI=1S/C31H46N4O4/c1-20(2)26-19-25(36)14-16-31(5,6)15-8-11-23-10-7-12-24(18-23)21(3)32-29(38)27-13-9-17-35(34-27)30(39)22(4)33-28(26)37/h7-8,10-12,18,20-22,26-27,34H,9,13-17,19H2,1-6H3,(H,32,38)(H,33,37)/b11-8+/t21-,22+,26+,27+/m1/s1. The quantitative estimate of drug-likeness (QED) is 0.494. The second-order valence-corrected chi connectivity index (χ2v) is 12.3. The lowest BCUT2D eigenvalue weighted by molar-refractivity contribution is -0.143. The van der Waals surface area contributed by atoms with Crippen LogP contribution in [0, 0.1) is 17.3 Å². The van der Waals surface area contributed by atoms with E-state index in [1.807, 2.05) is 39.0 Å². The number of rotatable bonds is 1. The molecule has 4 atom stereocenters. The minimum Gasteiger partial charge on any atom is -0.348 e. The van der Waals surface area contributed by atoms with Crippen molar-refractivity contribution in [3.63, 3.8) is 0 Å². The number of hydrazine groups is 1. The third-order valence-corrected chi connectivity index (χ3v) is 7.92. The molecule has 3 N–H and O–H groups in total. The molecule has 1 saturated heterocycles. The lowest BCUT2D eigenvalue weighted by Gasteiger charge is -2.35. The molecule has 1 aromatic rings. The molecule has 39 heavy (non-hydrogen) atoms. The van der Waals surface area contributed by atoms with Crippen molar-refractivity contribution in [2.24, 2.45) is 17.3 Å². The number of amides is 3. The number of nitrogens with zero attached hydrogens (tertiary/aromatic N) is 1. The minimum absolute atomic E-state index is 0.0447. The number of hydrogen-bond donors (Lipinski definition) is 3. The lowest BCUT2D eigenvalue weighted by Crippen LogP contribution is -2.61. The topological polar surface area (TPSA) is 108 Å². The van der Waals surface area contributed by atoms with Crippen LogP contribution in [0.1, 0.15) is 97.2 Å². The smallest absolute Gasteiger partial charge is 0.258 e. The van der Waals surface area contributed by atoms with Crippen molar-refractivity contribution < 1.29 is 19.2 Å². The number of ketones is 1. The van der Waals surface area contributed by atoms with Gasteiger partial charge in [-0.05, 0) is 68.1 Å². The van der Waals surface area contributed by atoms with Crippen LogP contribution in [-0.2, 0) is 19.2 Å². The van der Waals surface area contributed by atoms with Crippen LogP contribution in [0.5, 0.6) is 0 Å². The van der Waals surface area contributed by atoms with Gasteiger partial charge in [-0.2, -0.15) is 0 Å². The van der Waals surface area contributed by atoms with E-state index in [2.05, 4.69) is 48.1 Å². The first-order valence-corrected chi connectivity index (χ1v) is 14.3. The molecule has 3 amide bonds. The van der Waals surface area contributed by atoms with Gasteiger partial charge in [0.1, 0.15) is 17.9 Å². The van der Waals surface area contributed by atoms with Gasteiger partial charge in [0, 0.05) is 25.3 Å². The summed E-state index contributed by atoms with van der Waals surface area (Å²) in [5, 5.41) is 7.36. The van der Waals surface area contributed by atoms with Gasteiger partial charge < -0.3 is 10.6 Å².